The number of fused-ring (bicyclic) bond motifs is 1. The van der Waals surface area contributed by atoms with Gasteiger partial charge in [0, 0.05) is 6.42 Å². The lowest BCUT2D eigenvalue weighted by molar-refractivity contribution is -0.134. The smallest absolute Gasteiger partial charge is 0.242 e. The molecule has 0 saturated heterocycles. The Hall–Kier alpha value is -2.24. The Morgan fingerprint density at radius 3 is 2.18 bits per heavy atom. The Bertz CT molecular complexity index is 755. The normalized spacial score (nSPS) is 32.1. The lowest BCUT2D eigenvalue weighted by atomic mass is 9.49. The molecule has 2 amide bonds. The van der Waals surface area contributed by atoms with Crippen LogP contribution in [0.1, 0.15) is 50.5 Å². The Morgan fingerprint density at radius 1 is 0.893 bits per heavy atom. The number of carbonyl (C=O) groups excluding carboxylic acids is 2. The average molecular weight is 384 g/mol. The van der Waals surface area contributed by atoms with E-state index in [1.807, 2.05) is 18.2 Å². The molecule has 28 heavy (non-hydrogen) atoms. The van der Waals surface area contributed by atoms with E-state index in [0.29, 0.717) is 31.1 Å². The van der Waals surface area contributed by atoms with Crippen LogP contribution in [0.4, 0.5) is 0 Å². The molecular weight excluding hydrogens is 356 g/mol. The third-order valence-corrected chi connectivity index (χ3v) is 7.01. The van der Waals surface area contributed by atoms with Crippen molar-refractivity contribution in [1.29, 1.82) is 0 Å². The molecule has 150 valence electrons. The van der Waals surface area contributed by atoms with Gasteiger partial charge in [-0.05, 0) is 79.4 Å². The standard InChI is InChI=1S/C22H28N2O4/c25-20(9-14-1-2-18-19(8-14)28-4-3-27-18)23-24-21(26)13-22-10-15-5-16(11-22)7-17(6-15)12-22/h1-2,8,15-17H,3-7,9-13H2,(H,23,25)(H,24,26). The van der Waals surface area contributed by atoms with Crippen LogP contribution in [-0.2, 0) is 16.0 Å². The molecule has 0 spiro atoms. The molecule has 1 aliphatic heterocycles. The van der Waals surface area contributed by atoms with Gasteiger partial charge in [0.1, 0.15) is 13.2 Å². The van der Waals surface area contributed by atoms with Crippen molar-refractivity contribution in [3.8, 4) is 11.5 Å². The Morgan fingerprint density at radius 2 is 1.50 bits per heavy atom. The highest BCUT2D eigenvalue weighted by atomic mass is 16.6. The third-order valence-electron chi connectivity index (χ3n) is 7.01. The van der Waals surface area contributed by atoms with Crippen LogP contribution < -0.4 is 20.3 Å². The van der Waals surface area contributed by atoms with Crippen LogP contribution in [0.25, 0.3) is 0 Å². The van der Waals surface area contributed by atoms with Crippen molar-refractivity contribution in [2.45, 2.75) is 51.4 Å². The molecule has 4 bridgehead atoms. The van der Waals surface area contributed by atoms with E-state index in [9.17, 15) is 9.59 Å². The molecule has 1 aromatic rings. The van der Waals surface area contributed by atoms with Crippen molar-refractivity contribution >= 4 is 11.8 Å². The maximum absolute atomic E-state index is 12.5. The number of amides is 2. The minimum atomic E-state index is -0.226. The fourth-order valence-corrected chi connectivity index (χ4v) is 6.46. The predicted octanol–water partition coefficient (Wildman–Crippen LogP) is 2.75. The van der Waals surface area contributed by atoms with Crippen LogP contribution in [0.5, 0.6) is 11.5 Å². The van der Waals surface area contributed by atoms with E-state index < -0.39 is 0 Å². The summed E-state index contributed by atoms with van der Waals surface area (Å²) < 4.78 is 11.0. The molecule has 4 saturated carbocycles. The molecule has 2 N–H and O–H groups in total. The van der Waals surface area contributed by atoms with E-state index in [2.05, 4.69) is 10.9 Å². The summed E-state index contributed by atoms with van der Waals surface area (Å²) in [5, 5.41) is 0. The molecule has 4 aliphatic carbocycles. The van der Waals surface area contributed by atoms with E-state index in [1.165, 1.54) is 38.5 Å². The number of ether oxygens (including phenoxy) is 2. The quantitative estimate of drug-likeness (QED) is 0.783. The van der Waals surface area contributed by atoms with Crippen LogP contribution in [0.2, 0.25) is 0 Å². The van der Waals surface area contributed by atoms with Gasteiger partial charge in [0.25, 0.3) is 0 Å². The first kappa shape index (κ1) is 17.8. The molecule has 1 aromatic carbocycles. The highest BCUT2D eigenvalue weighted by molar-refractivity contribution is 5.83. The average Bonchev–Trinajstić information content (AvgIpc) is 2.65. The molecular formula is C22H28N2O4. The van der Waals surface area contributed by atoms with E-state index >= 15 is 0 Å². The van der Waals surface area contributed by atoms with Gasteiger partial charge in [-0.25, -0.2) is 0 Å². The first-order valence-corrected chi connectivity index (χ1v) is 10.5. The van der Waals surface area contributed by atoms with Gasteiger partial charge in [0.15, 0.2) is 11.5 Å². The molecule has 0 unspecified atom stereocenters. The second-order valence-corrected chi connectivity index (χ2v) is 9.35. The topological polar surface area (TPSA) is 76.7 Å². The summed E-state index contributed by atoms with van der Waals surface area (Å²) in [4.78, 5) is 24.8. The molecule has 6 nitrogen and oxygen atoms in total. The van der Waals surface area contributed by atoms with Crippen LogP contribution in [-0.4, -0.2) is 25.0 Å². The van der Waals surface area contributed by atoms with Crippen molar-refractivity contribution in [2.75, 3.05) is 13.2 Å². The van der Waals surface area contributed by atoms with Crippen molar-refractivity contribution in [3.05, 3.63) is 23.8 Å². The highest BCUT2D eigenvalue weighted by Gasteiger charge is 2.51. The maximum atomic E-state index is 12.5. The summed E-state index contributed by atoms with van der Waals surface area (Å²) in [6.45, 7) is 1.06. The van der Waals surface area contributed by atoms with E-state index in [0.717, 1.165) is 23.3 Å². The van der Waals surface area contributed by atoms with E-state index in [-0.39, 0.29) is 23.7 Å². The molecule has 6 rings (SSSR count). The summed E-state index contributed by atoms with van der Waals surface area (Å²) in [7, 11) is 0. The fourth-order valence-electron chi connectivity index (χ4n) is 6.46. The van der Waals surface area contributed by atoms with Crippen molar-refractivity contribution < 1.29 is 19.1 Å². The second-order valence-electron chi connectivity index (χ2n) is 9.35. The van der Waals surface area contributed by atoms with Gasteiger partial charge < -0.3 is 9.47 Å². The highest BCUT2D eigenvalue weighted by Crippen LogP contribution is 2.61. The zero-order chi connectivity index (χ0) is 19.1. The van der Waals surface area contributed by atoms with Gasteiger partial charge in [-0.1, -0.05) is 6.07 Å². The number of hydrazine groups is 1. The molecule has 4 fully saturated rings. The fraction of sp³-hybridized carbons (Fsp3) is 0.636. The minimum Gasteiger partial charge on any atom is -0.486 e. The van der Waals surface area contributed by atoms with Gasteiger partial charge >= 0.3 is 0 Å². The van der Waals surface area contributed by atoms with Crippen LogP contribution >= 0.6 is 0 Å². The lowest BCUT2D eigenvalue weighted by Crippen LogP contribution is -2.50. The van der Waals surface area contributed by atoms with Crippen molar-refractivity contribution in [3.63, 3.8) is 0 Å². The van der Waals surface area contributed by atoms with Crippen molar-refractivity contribution in [1.82, 2.24) is 10.9 Å². The summed E-state index contributed by atoms with van der Waals surface area (Å²) in [6.07, 6.45) is 8.41. The summed E-state index contributed by atoms with van der Waals surface area (Å²) in [5.41, 5.74) is 6.24. The number of carbonyl (C=O) groups is 2. The third kappa shape index (κ3) is 3.56. The van der Waals surface area contributed by atoms with E-state index in [4.69, 9.17) is 9.47 Å². The van der Waals surface area contributed by atoms with Gasteiger partial charge in [0.05, 0.1) is 6.42 Å². The first-order valence-electron chi connectivity index (χ1n) is 10.5. The van der Waals surface area contributed by atoms with Gasteiger partial charge in [-0.2, -0.15) is 0 Å². The Labute approximate surface area is 165 Å². The number of benzene rings is 1. The molecule has 6 heteroatoms. The number of nitrogens with one attached hydrogen (secondary N) is 2. The van der Waals surface area contributed by atoms with Gasteiger partial charge in [0.2, 0.25) is 11.8 Å². The largest absolute Gasteiger partial charge is 0.486 e. The Kier molecular flexibility index (Phi) is 4.44. The van der Waals surface area contributed by atoms with Gasteiger partial charge in [-0.3, -0.25) is 20.4 Å². The zero-order valence-electron chi connectivity index (χ0n) is 16.2. The summed E-state index contributed by atoms with van der Waals surface area (Å²) in [5.74, 6) is 3.56. The number of hydrogen-bond donors (Lipinski definition) is 2. The SMILES string of the molecule is O=C(Cc1ccc2c(c1)OCCO2)NNC(=O)CC12CC3CC(CC(C3)C1)C2. The summed E-state index contributed by atoms with van der Waals surface area (Å²) in [6, 6.07) is 5.50. The summed E-state index contributed by atoms with van der Waals surface area (Å²) >= 11 is 0. The maximum Gasteiger partial charge on any atom is 0.242 e. The predicted molar refractivity (Wildman–Crippen MR) is 103 cm³/mol. The number of rotatable bonds is 4. The molecule has 0 atom stereocenters. The lowest BCUT2D eigenvalue weighted by Gasteiger charge is -2.56. The molecule has 1 heterocycles. The Balaban J connectivity index is 1.12. The van der Waals surface area contributed by atoms with E-state index in [1.54, 1.807) is 0 Å². The number of hydrogen-bond acceptors (Lipinski definition) is 4. The molecule has 5 aliphatic rings. The second kappa shape index (κ2) is 6.98. The zero-order valence-corrected chi connectivity index (χ0v) is 16.2. The van der Waals surface area contributed by atoms with Crippen LogP contribution in [0.15, 0.2) is 18.2 Å². The minimum absolute atomic E-state index is 0.0579. The van der Waals surface area contributed by atoms with Gasteiger partial charge in [-0.15, -0.1) is 0 Å². The van der Waals surface area contributed by atoms with Crippen LogP contribution in [0, 0.1) is 23.2 Å². The van der Waals surface area contributed by atoms with Crippen molar-refractivity contribution in [2.24, 2.45) is 23.2 Å². The van der Waals surface area contributed by atoms with Crippen LogP contribution in [0.3, 0.4) is 0 Å². The first-order chi connectivity index (χ1) is 13.6. The monoisotopic (exact) mass is 384 g/mol. The molecule has 0 aromatic heterocycles. The molecule has 0 radical (unpaired) electrons.